The minimum atomic E-state index is -1.20. The lowest BCUT2D eigenvalue weighted by Crippen LogP contribution is -2.44. The molecule has 6 nitrogen and oxygen atoms in total. The Kier molecular flexibility index (Phi) is 4.94. The zero-order valence-corrected chi connectivity index (χ0v) is 14.1. The summed E-state index contributed by atoms with van der Waals surface area (Å²) in [4.78, 5) is 37.6. The third kappa shape index (κ3) is 3.47. The summed E-state index contributed by atoms with van der Waals surface area (Å²) in [6.07, 6.45) is 0.772. The number of nitrogens with zero attached hydrogens (tertiary/aromatic N) is 1. The second kappa shape index (κ2) is 6.58. The fourth-order valence-corrected chi connectivity index (χ4v) is 2.51. The summed E-state index contributed by atoms with van der Waals surface area (Å²) in [6, 6.07) is 6.09. The summed E-state index contributed by atoms with van der Waals surface area (Å²) in [5.74, 6) is -0.813. The van der Waals surface area contributed by atoms with E-state index >= 15 is 0 Å². The Morgan fingerprint density at radius 2 is 1.96 bits per heavy atom. The molecule has 1 aliphatic rings. The van der Waals surface area contributed by atoms with Crippen LogP contribution < -0.4 is 10.6 Å². The van der Waals surface area contributed by atoms with Gasteiger partial charge in [0.15, 0.2) is 0 Å². The van der Waals surface area contributed by atoms with Crippen LogP contribution in [0.15, 0.2) is 24.3 Å². The van der Waals surface area contributed by atoms with Gasteiger partial charge in [-0.15, -0.1) is 0 Å². The Labute approximate surface area is 140 Å². The summed E-state index contributed by atoms with van der Waals surface area (Å²) in [6.45, 7) is 5.12. The lowest BCUT2D eigenvalue weighted by atomic mass is 9.92. The van der Waals surface area contributed by atoms with Gasteiger partial charge in [-0.2, -0.15) is 0 Å². The number of urea groups is 1. The van der Waals surface area contributed by atoms with Crippen LogP contribution in [0.25, 0.3) is 0 Å². The van der Waals surface area contributed by atoms with E-state index in [1.807, 2.05) is 13.8 Å². The van der Waals surface area contributed by atoms with Gasteiger partial charge in [-0.1, -0.05) is 30.7 Å². The molecule has 124 valence electrons. The zero-order valence-electron chi connectivity index (χ0n) is 13.4. The van der Waals surface area contributed by atoms with Crippen LogP contribution in [0.3, 0.4) is 0 Å². The fourth-order valence-electron chi connectivity index (χ4n) is 2.39. The van der Waals surface area contributed by atoms with Gasteiger partial charge < -0.3 is 10.6 Å². The second-order valence-corrected chi connectivity index (χ2v) is 6.27. The standard InChI is InChI=1S/C16H20ClN3O3/c1-4-10(2)18-13(21)9-20-14(22)16(3,19-15(20)23)11-5-7-12(17)8-6-11/h5-8,10H,4,9H2,1-3H3,(H,18,21)(H,19,23)/t10-,16+/m1/s1. The summed E-state index contributed by atoms with van der Waals surface area (Å²) < 4.78 is 0. The number of hydrogen-bond donors (Lipinski definition) is 2. The van der Waals surface area contributed by atoms with Crippen molar-refractivity contribution < 1.29 is 14.4 Å². The van der Waals surface area contributed by atoms with Gasteiger partial charge >= 0.3 is 6.03 Å². The van der Waals surface area contributed by atoms with E-state index in [0.29, 0.717) is 10.6 Å². The maximum Gasteiger partial charge on any atom is 0.325 e. The molecule has 1 heterocycles. The van der Waals surface area contributed by atoms with Gasteiger partial charge in [-0.05, 0) is 38.0 Å². The predicted octanol–water partition coefficient (Wildman–Crippen LogP) is 2.02. The summed E-state index contributed by atoms with van der Waals surface area (Å²) >= 11 is 5.85. The Bertz CT molecular complexity index is 632. The zero-order chi connectivity index (χ0) is 17.2. The topological polar surface area (TPSA) is 78.5 Å². The van der Waals surface area contributed by atoms with Crippen molar-refractivity contribution in [1.29, 1.82) is 0 Å². The fraction of sp³-hybridized carbons (Fsp3) is 0.438. The molecular weight excluding hydrogens is 318 g/mol. The number of benzene rings is 1. The number of halogens is 1. The molecule has 4 amide bonds. The van der Waals surface area contributed by atoms with Crippen molar-refractivity contribution in [1.82, 2.24) is 15.5 Å². The van der Waals surface area contributed by atoms with Gasteiger partial charge in [-0.3, -0.25) is 14.5 Å². The quantitative estimate of drug-likeness (QED) is 0.807. The maximum absolute atomic E-state index is 12.6. The first kappa shape index (κ1) is 17.3. The number of nitrogens with one attached hydrogen (secondary N) is 2. The average molecular weight is 338 g/mol. The molecule has 2 rings (SSSR count). The highest BCUT2D eigenvalue weighted by Crippen LogP contribution is 2.29. The van der Waals surface area contributed by atoms with Crippen molar-refractivity contribution in [3.63, 3.8) is 0 Å². The first-order valence-corrected chi connectivity index (χ1v) is 7.85. The third-order valence-electron chi connectivity index (χ3n) is 4.02. The van der Waals surface area contributed by atoms with Gasteiger partial charge in [0.05, 0.1) is 0 Å². The maximum atomic E-state index is 12.6. The Morgan fingerprint density at radius 1 is 1.35 bits per heavy atom. The van der Waals surface area contributed by atoms with E-state index < -0.39 is 17.5 Å². The summed E-state index contributed by atoms with van der Waals surface area (Å²) in [5.41, 5.74) is -0.580. The monoisotopic (exact) mass is 337 g/mol. The van der Waals surface area contributed by atoms with Crippen molar-refractivity contribution in [2.24, 2.45) is 0 Å². The Morgan fingerprint density at radius 3 is 2.52 bits per heavy atom. The van der Waals surface area contributed by atoms with Crippen LogP contribution in [0.1, 0.15) is 32.8 Å². The largest absolute Gasteiger partial charge is 0.352 e. The molecule has 2 atom stereocenters. The van der Waals surface area contributed by atoms with Crippen LogP contribution in [-0.4, -0.2) is 35.3 Å². The number of imide groups is 1. The molecule has 2 N–H and O–H groups in total. The molecular formula is C16H20ClN3O3. The van der Waals surface area contributed by atoms with Crippen LogP contribution >= 0.6 is 11.6 Å². The normalized spacial score (nSPS) is 22.0. The molecule has 0 saturated carbocycles. The predicted molar refractivity (Wildman–Crippen MR) is 86.9 cm³/mol. The van der Waals surface area contributed by atoms with Gasteiger partial charge in [0.25, 0.3) is 5.91 Å². The van der Waals surface area contributed by atoms with Gasteiger partial charge in [0, 0.05) is 11.1 Å². The van der Waals surface area contributed by atoms with Crippen molar-refractivity contribution in [2.45, 2.75) is 38.8 Å². The number of carbonyl (C=O) groups is 3. The molecule has 1 aromatic rings. The number of rotatable bonds is 5. The van der Waals surface area contributed by atoms with Crippen molar-refractivity contribution >= 4 is 29.4 Å². The second-order valence-electron chi connectivity index (χ2n) is 5.83. The van der Waals surface area contributed by atoms with Gasteiger partial charge in [-0.25, -0.2) is 4.79 Å². The molecule has 1 saturated heterocycles. The minimum absolute atomic E-state index is 0.00841. The van der Waals surface area contributed by atoms with E-state index in [0.717, 1.165) is 11.3 Å². The van der Waals surface area contributed by atoms with Gasteiger partial charge in [0.2, 0.25) is 5.91 Å². The first-order chi connectivity index (χ1) is 10.8. The van der Waals surface area contributed by atoms with Crippen molar-refractivity contribution in [3.05, 3.63) is 34.9 Å². The highest BCUT2D eigenvalue weighted by atomic mass is 35.5. The van der Waals surface area contributed by atoms with Crippen LogP contribution in [0.4, 0.5) is 4.79 Å². The molecule has 0 unspecified atom stereocenters. The van der Waals surface area contributed by atoms with E-state index in [2.05, 4.69) is 10.6 Å². The van der Waals surface area contributed by atoms with Crippen molar-refractivity contribution in [2.75, 3.05) is 6.54 Å². The van der Waals surface area contributed by atoms with E-state index in [1.165, 1.54) is 0 Å². The molecule has 1 aromatic carbocycles. The molecule has 1 fully saturated rings. The first-order valence-electron chi connectivity index (χ1n) is 7.47. The number of hydrogen-bond acceptors (Lipinski definition) is 3. The minimum Gasteiger partial charge on any atom is -0.352 e. The smallest absolute Gasteiger partial charge is 0.325 e. The molecule has 1 aliphatic heterocycles. The van der Waals surface area contributed by atoms with Crippen molar-refractivity contribution in [3.8, 4) is 0 Å². The summed E-state index contributed by atoms with van der Waals surface area (Å²) in [5, 5.41) is 5.94. The van der Waals surface area contributed by atoms with Crippen LogP contribution in [-0.2, 0) is 15.1 Å². The highest BCUT2D eigenvalue weighted by molar-refractivity contribution is 6.30. The molecule has 0 aliphatic carbocycles. The number of carbonyl (C=O) groups excluding carboxylic acids is 3. The lowest BCUT2D eigenvalue weighted by Gasteiger charge is -2.22. The van der Waals surface area contributed by atoms with E-state index in [1.54, 1.807) is 31.2 Å². The lowest BCUT2D eigenvalue weighted by molar-refractivity contribution is -0.135. The van der Waals surface area contributed by atoms with E-state index in [-0.39, 0.29) is 18.5 Å². The van der Waals surface area contributed by atoms with Gasteiger partial charge in [0.1, 0.15) is 12.1 Å². The van der Waals surface area contributed by atoms with Crippen LogP contribution in [0.2, 0.25) is 5.02 Å². The van der Waals surface area contributed by atoms with E-state index in [9.17, 15) is 14.4 Å². The number of amides is 4. The molecule has 0 aromatic heterocycles. The highest BCUT2D eigenvalue weighted by Gasteiger charge is 2.49. The molecule has 0 radical (unpaired) electrons. The summed E-state index contributed by atoms with van der Waals surface area (Å²) in [7, 11) is 0. The molecule has 23 heavy (non-hydrogen) atoms. The Hall–Kier alpha value is -2.08. The van der Waals surface area contributed by atoms with Crippen LogP contribution in [0.5, 0.6) is 0 Å². The molecule has 0 bridgehead atoms. The molecule has 7 heteroatoms. The third-order valence-corrected chi connectivity index (χ3v) is 4.27. The SMILES string of the molecule is CC[C@@H](C)NC(=O)CN1C(=O)N[C@@](C)(c2ccc(Cl)cc2)C1=O. The molecule has 0 spiro atoms. The Balaban J connectivity index is 2.16. The van der Waals surface area contributed by atoms with E-state index in [4.69, 9.17) is 11.6 Å². The van der Waals surface area contributed by atoms with Crippen LogP contribution in [0, 0.1) is 0 Å². The average Bonchev–Trinajstić information content (AvgIpc) is 2.72.